The molecule has 0 fully saturated rings. The van der Waals surface area contributed by atoms with Crippen molar-refractivity contribution < 1.29 is 13.2 Å². The lowest BCUT2D eigenvalue weighted by atomic mass is 10.3. The molecule has 13 heavy (non-hydrogen) atoms. The number of halogens is 3. The van der Waals surface area contributed by atoms with Crippen molar-refractivity contribution in [3.8, 4) is 0 Å². The van der Waals surface area contributed by atoms with Gasteiger partial charge in [-0.3, -0.25) is 4.68 Å². The smallest absolute Gasteiger partial charge is 0.328 e. The van der Waals surface area contributed by atoms with Gasteiger partial charge in [0.05, 0.1) is 6.04 Å². The van der Waals surface area contributed by atoms with Crippen molar-refractivity contribution in [2.75, 3.05) is 6.54 Å². The summed E-state index contributed by atoms with van der Waals surface area (Å²) >= 11 is 0. The van der Waals surface area contributed by atoms with Crippen LogP contribution in [-0.2, 0) is 6.18 Å². The lowest BCUT2D eigenvalue weighted by molar-refractivity contribution is -0.141. The van der Waals surface area contributed by atoms with Crippen molar-refractivity contribution in [1.82, 2.24) is 9.78 Å². The minimum absolute atomic E-state index is 0.212. The molecule has 0 aliphatic heterocycles. The molecule has 0 aliphatic rings. The van der Waals surface area contributed by atoms with Crippen LogP contribution in [0.3, 0.4) is 0 Å². The molecule has 0 saturated carbocycles. The predicted octanol–water partition coefficient (Wildman–Crippen LogP) is 1.42. The first kappa shape index (κ1) is 10.0. The van der Waals surface area contributed by atoms with Crippen LogP contribution in [0.15, 0.2) is 12.3 Å². The van der Waals surface area contributed by atoms with Crippen LogP contribution >= 0.6 is 0 Å². The topological polar surface area (TPSA) is 43.8 Å². The van der Waals surface area contributed by atoms with Gasteiger partial charge in [-0.1, -0.05) is 0 Å². The average Bonchev–Trinajstić information content (AvgIpc) is 2.50. The number of hydrogen-bond acceptors (Lipinski definition) is 2. The van der Waals surface area contributed by atoms with Crippen LogP contribution in [0.4, 0.5) is 13.2 Å². The Kier molecular flexibility index (Phi) is 2.60. The lowest BCUT2D eigenvalue weighted by Crippen LogP contribution is -2.17. The van der Waals surface area contributed by atoms with Crippen LogP contribution in [0.25, 0.3) is 0 Å². The molecule has 74 valence electrons. The number of aromatic nitrogens is 2. The van der Waals surface area contributed by atoms with E-state index in [0.29, 0.717) is 0 Å². The number of alkyl halides is 3. The Hall–Kier alpha value is -1.04. The van der Waals surface area contributed by atoms with Gasteiger partial charge < -0.3 is 5.73 Å². The van der Waals surface area contributed by atoms with Crippen molar-refractivity contribution in [2.45, 2.75) is 19.1 Å². The van der Waals surface area contributed by atoms with Crippen LogP contribution in [0.1, 0.15) is 18.7 Å². The minimum Gasteiger partial charge on any atom is -0.328 e. The fraction of sp³-hybridized carbons (Fsp3) is 0.571. The summed E-state index contributed by atoms with van der Waals surface area (Å²) in [5.41, 5.74) is 4.40. The molecule has 0 saturated heterocycles. The highest BCUT2D eigenvalue weighted by atomic mass is 19.4. The van der Waals surface area contributed by atoms with Crippen LogP contribution < -0.4 is 5.73 Å². The zero-order valence-electron chi connectivity index (χ0n) is 7.04. The summed E-state index contributed by atoms with van der Waals surface area (Å²) in [7, 11) is 0. The van der Waals surface area contributed by atoms with Crippen LogP contribution in [0, 0.1) is 0 Å². The molecule has 0 aliphatic carbocycles. The Labute approximate surface area is 73.3 Å². The Bertz CT molecular complexity index is 279. The summed E-state index contributed by atoms with van der Waals surface area (Å²) in [5, 5.41) is 3.36. The van der Waals surface area contributed by atoms with Gasteiger partial charge in [0.1, 0.15) is 0 Å². The van der Waals surface area contributed by atoms with E-state index in [1.54, 1.807) is 6.92 Å². The molecule has 1 rings (SSSR count). The van der Waals surface area contributed by atoms with Crippen molar-refractivity contribution >= 4 is 0 Å². The Morgan fingerprint density at radius 3 is 2.62 bits per heavy atom. The second kappa shape index (κ2) is 3.37. The molecule has 0 spiro atoms. The number of rotatable bonds is 2. The van der Waals surface area contributed by atoms with E-state index in [0.717, 1.165) is 6.07 Å². The first-order chi connectivity index (χ1) is 5.95. The molecule has 1 heterocycles. The molecule has 1 unspecified atom stereocenters. The monoisotopic (exact) mass is 193 g/mol. The van der Waals surface area contributed by atoms with E-state index >= 15 is 0 Å². The maximum Gasteiger partial charge on any atom is 0.435 e. The van der Waals surface area contributed by atoms with Gasteiger partial charge in [-0.2, -0.15) is 18.3 Å². The molecule has 2 N–H and O–H groups in total. The molecule has 1 aromatic rings. The Balaban J connectivity index is 2.87. The molecule has 0 radical (unpaired) electrons. The van der Waals surface area contributed by atoms with Crippen molar-refractivity contribution in [3.05, 3.63) is 18.0 Å². The van der Waals surface area contributed by atoms with Crippen molar-refractivity contribution in [3.63, 3.8) is 0 Å². The van der Waals surface area contributed by atoms with Crippen molar-refractivity contribution in [1.29, 1.82) is 0 Å². The van der Waals surface area contributed by atoms with Gasteiger partial charge in [-0.15, -0.1) is 0 Å². The Morgan fingerprint density at radius 2 is 2.23 bits per heavy atom. The van der Waals surface area contributed by atoms with E-state index in [1.807, 2.05) is 0 Å². The summed E-state index contributed by atoms with van der Waals surface area (Å²) in [6.07, 6.45) is -3.10. The van der Waals surface area contributed by atoms with Crippen LogP contribution in [-0.4, -0.2) is 16.3 Å². The van der Waals surface area contributed by atoms with E-state index in [4.69, 9.17) is 5.73 Å². The maximum atomic E-state index is 12.1. The first-order valence-electron chi connectivity index (χ1n) is 3.77. The standard InChI is InChI=1S/C7H10F3N3/c1-5(4-11)13-3-2-6(12-13)7(8,9)10/h2-3,5H,4,11H2,1H3. The molecule has 1 atom stereocenters. The SMILES string of the molecule is CC(CN)n1ccc(C(F)(F)F)n1. The number of hydrogen-bond donors (Lipinski definition) is 1. The maximum absolute atomic E-state index is 12.1. The Morgan fingerprint density at radius 1 is 1.62 bits per heavy atom. The minimum atomic E-state index is -4.38. The van der Waals surface area contributed by atoms with Gasteiger partial charge in [0.15, 0.2) is 5.69 Å². The number of nitrogens with two attached hydrogens (primary N) is 1. The molecule has 6 heteroatoms. The van der Waals surface area contributed by atoms with E-state index in [-0.39, 0.29) is 12.6 Å². The fourth-order valence-corrected chi connectivity index (χ4v) is 0.843. The normalized spacial score (nSPS) is 14.5. The van der Waals surface area contributed by atoms with E-state index in [2.05, 4.69) is 5.10 Å². The highest BCUT2D eigenvalue weighted by Crippen LogP contribution is 2.27. The summed E-state index contributed by atoms with van der Waals surface area (Å²) in [6, 6.07) is 0.725. The van der Waals surface area contributed by atoms with Gasteiger partial charge in [0.25, 0.3) is 0 Å². The zero-order valence-corrected chi connectivity index (χ0v) is 7.04. The van der Waals surface area contributed by atoms with Crippen LogP contribution in [0.5, 0.6) is 0 Å². The molecular formula is C7H10F3N3. The fourth-order valence-electron chi connectivity index (χ4n) is 0.843. The van der Waals surface area contributed by atoms with E-state index < -0.39 is 11.9 Å². The highest BCUT2D eigenvalue weighted by Gasteiger charge is 2.33. The third-order valence-electron chi connectivity index (χ3n) is 1.69. The first-order valence-corrected chi connectivity index (χ1v) is 3.77. The molecule has 1 aromatic heterocycles. The highest BCUT2D eigenvalue weighted by molar-refractivity contribution is 5.03. The molecule has 0 amide bonds. The number of nitrogens with zero attached hydrogens (tertiary/aromatic N) is 2. The van der Waals surface area contributed by atoms with Gasteiger partial charge in [0, 0.05) is 12.7 Å². The summed E-state index contributed by atoms with van der Waals surface area (Å²) in [5.74, 6) is 0. The van der Waals surface area contributed by atoms with Gasteiger partial charge in [-0.25, -0.2) is 0 Å². The van der Waals surface area contributed by atoms with Crippen LogP contribution in [0.2, 0.25) is 0 Å². The molecule has 3 nitrogen and oxygen atoms in total. The van der Waals surface area contributed by atoms with Gasteiger partial charge in [-0.05, 0) is 13.0 Å². The van der Waals surface area contributed by atoms with E-state index in [9.17, 15) is 13.2 Å². The second-order valence-electron chi connectivity index (χ2n) is 2.76. The lowest BCUT2D eigenvalue weighted by Gasteiger charge is -2.08. The quantitative estimate of drug-likeness (QED) is 0.771. The summed E-state index contributed by atoms with van der Waals surface area (Å²) in [6.45, 7) is 1.96. The van der Waals surface area contributed by atoms with Gasteiger partial charge in [0.2, 0.25) is 0 Å². The largest absolute Gasteiger partial charge is 0.435 e. The van der Waals surface area contributed by atoms with Gasteiger partial charge >= 0.3 is 6.18 Å². The molecule has 0 aromatic carbocycles. The summed E-state index contributed by atoms with van der Waals surface area (Å²) in [4.78, 5) is 0. The third-order valence-corrected chi connectivity index (χ3v) is 1.69. The van der Waals surface area contributed by atoms with E-state index in [1.165, 1.54) is 10.9 Å². The molecular weight excluding hydrogens is 183 g/mol. The third kappa shape index (κ3) is 2.21. The second-order valence-corrected chi connectivity index (χ2v) is 2.76. The van der Waals surface area contributed by atoms with Crippen molar-refractivity contribution in [2.24, 2.45) is 5.73 Å². The molecule has 0 bridgehead atoms. The summed E-state index contributed by atoms with van der Waals surface area (Å²) < 4.78 is 37.4. The average molecular weight is 193 g/mol. The zero-order chi connectivity index (χ0) is 10.1. The predicted molar refractivity (Wildman–Crippen MR) is 41.0 cm³/mol.